The van der Waals surface area contributed by atoms with Gasteiger partial charge in [-0.25, -0.2) is 4.98 Å². The van der Waals surface area contributed by atoms with Gasteiger partial charge in [-0.3, -0.25) is 4.79 Å². The van der Waals surface area contributed by atoms with Crippen LogP contribution in [-0.2, 0) is 17.6 Å². The molecule has 1 aliphatic rings. The number of rotatable bonds is 6. The lowest BCUT2D eigenvalue weighted by Gasteiger charge is -2.34. The Labute approximate surface area is 124 Å². The number of piperidine rings is 1. The van der Waals surface area contributed by atoms with Gasteiger partial charge in [-0.2, -0.15) is 0 Å². The summed E-state index contributed by atoms with van der Waals surface area (Å²) in [6.45, 7) is 6.91. The van der Waals surface area contributed by atoms with Crippen LogP contribution in [0.25, 0.3) is 0 Å². The van der Waals surface area contributed by atoms with Gasteiger partial charge >= 0.3 is 5.97 Å². The van der Waals surface area contributed by atoms with Crippen LogP contribution in [0.4, 0.5) is 0 Å². The van der Waals surface area contributed by atoms with Crippen molar-refractivity contribution in [1.29, 1.82) is 0 Å². The van der Waals surface area contributed by atoms with E-state index in [1.807, 2.05) is 6.20 Å². The predicted octanol–water partition coefficient (Wildman–Crippen LogP) is 2.82. The lowest BCUT2D eigenvalue weighted by atomic mass is 9.93. The van der Waals surface area contributed by atoms with Crippen LogP contribution in [0.15, 0.2) is 6.20 Å². The van der Waals surface area contributed by atoms with E-state index in [1.54, 1.807) is 11.3 Å². The first kappa shape index (κ1) is 15.4. The molecule has 1 N–H and O–H groups in total. The van der Waals surface area contributed by atoms with Crippen molar-refractivity contribution in [3.63, 3.8) is 0 Å². The van der Waals surface area contributed by atoms with E-state index in [4.69, 9.17) is 5.11 Å². The van der Waals surface area contributed by atoms with Crippen molar-refractivity contribution in [2.45, 2.75) is 52.0 Å². The molecule has 0 aliphatic carbocycles. The van der Waals surface area contributed by atoms with Gasteiger partial charge in [0.25, 0.3) is 0 Å². The second-order valence-electron chi connectivity index (χ2n) is 5.89. The Bertz CT molecular complexity index is 437. The Balaban J connectivity index is 1.78. The Morgan fingerprint density at radius 3 is 2.80 bits per heavy atom. The monoisotopic (exact) mass is 296 g/mol. The molecular formula is C15H24N2O2S. The topological polar surface area (TPSA) is 53.4 Å². The first-order valence-corrected chi connectivity index (χ1v) is 8.25. The molecule has 0 atom stereocenters. The minimum Gasteiger partial charge on any atom is -0.481 e. The van der Waals surface area contributed by atoms with Crippen molar-refractivity contribution in [1.82, 2.24) is 9.88 Å². The zero-order valence-electron chi connectivity index (χ0n) is 12.3. The van der Waals surface area contributed by atoms with E-state index in [0.717, 1.165) is 17.2 Å². The number of aromatic nitrogens is 1. The molecule has 20 heavy (non-hydrogen) atoms. The lowest BCUT2D eigenvalue weighted by Crippen LogP contribution is -2.38. The summed E-state index contributed by atoms with van der Waals surface area (Å²) in [5.41, 5.74) is 0. The van der Waals surface area contributed by atoms with Crippen LogP contribution in [0.2, 0.25) is 0 Å². The number of aliphatic carboxylic acids is 1. The average Bonchev–Trinajstić information content (AvgIpc) is 2.84. The van der Waals surface area contributed by atoms with Gasteiger partial charge in [0, 0.05) is 23.5 Å². The maximum atomic E-state index is 10.6. The molecule has 0 bridgehead atoms. The molecule has 0 radical (unpaired) electrons. The van der Waals surface area contributed by atoms with Crippen molar-refractivity contribution in [2.75, 3.05) is 13.1 Å². The smallest absolute Gasteiger partial charge is 0.303 e. The summed E-state index contributed by atoms with van der Waals surface area (Å²) in [5, 5.41) is 9.87. The maximum absolute atomic E-state index is 10.6. The summed E-state index contributed by atoms with van der Waals surface area (Å²) in [4.78, 5) is 18.7. The molecule has 1 aromatic heterocycles. The van der Waals surface area contributed by atoms with Gasteiger partial charge < -0.3 is 10.0 Å². The Morgan fingerprint density at radius 2 is 2.20 bits per heavy atom. The van der Waals surface area contributed by atoms with E-state index in [-0.39, 0.29) is 6.42 Å². The molecule has 0 unspecified atom stereocenters. The van der Waals surface area contributed by atoms with Crippen LogP contribution in [0.3, 0.4) is 0 Å². The molecule has 0 saturated carbocycles. The van der Waals surface area contributed by atoms with Gasteiger partial charge in [0.05, 0.1) is 11.4 Å². The third-order valence-electron chi connectivity index (χ3n) is 4.03. The average molecular weight is 296 g/mol. The van der Waals surface area contributed by atoms with Crippen LogP contribution in [0, 0.1) is 5.92 Å². The lowest BCUT2D eigenvalue weighted by molar-refractivity contribution is -0.136. The molecule has 1 aliphatic heterocycles. The summed E-state index contributed by atoms with van der Waals surface area (Å²) in [5.74, 6) is 0.00415. The van der Waals surface area contributed by atoms with E-state index in [9.17, 15) is 4.79 Å². The Hall–Kier alpha value is -0.940. The van der Waals surface area contributed by atoms with Gasteiger partial charge in [0.15, 0.2) is 0 Å². The molecule has 4 nitrogen and oxygen atoms in total. The van der Waals surface area contributed by atoms with E-state index >= 15 is 0 Å². The minimum atomic E-state index is -0.735. The van der Waals surface area contributed by atoms with E-state index in [1.165, 1.54) is 30.9 Å². The summed E-state index contributed by atoms with van der Waals surface area (Å²) in [6.07, 6.45) is 6.23. The number of hydrogen-bond donors (Lipinski definition) is 1. The number of hydrogen-bond acceptors (Lipinski definition) is 4. The molecule has 0 aromatic carbocycles. The highest BCUT2D eigenvalue weighted by molar-refractivity contribution is 7.11. The standard InChI is InChI=1S/C15H24N2O2S/c1-11(2)17-7-5-12(6-8-17)9-14-16-10-13(20-14)3-4-15(18)19/h10-12H,3-9H2,1-2H3,(H,18,19). The molecule has 1 saturated heterocycles. The summed E-state index contributed by atoms with van der Waals surface area (Å²) in [6, 6.07) is 0.651. The number of carboxylic acids is 1. The zero-order chi connectivity index (χ0) is 14.5. The summed E-state index contributed by atoms with van der Waals surface area (Å²) >= 11 is 1.69. The molecule has 2 rings (SSSR count). The fourth-order valence-corrected chi connectivity index (χ4v) is 3.75. The second kappa shape index (κ2) is 7.18. The molecule has 5 heteroatoms. The largest absolute Gasteiger partial charge is 0.481 e. The molecule has 1 aromatic rings. The summed E-state index contributed by atoms with van der Waals surface area (Å²) in [7, 11) is 0. The van der Waals surface area contributed by atoms with Crippen LogP contribution >= 0.6 is 11.3 Å². The SMILES string of the molecule is CC(C)N1CCC(Cc2ncc(CCC(=O)O)s2)CC1. The highest BCUT2D eigenvalue weighted by Crippen LogP contribution is 2.25. The van der Waals surface area contributed by atoms with Crippen LogP contribution in [-0.4, -0.2) is 40.1 Å². The predicted molar refractivity (Wildman–Crippen MR) is 81.2 cm³/mol. The quantitative estimate of drug-likeness (QED) is 0.877. The van der Waals surface area contributed by atoms with E-state index < -0.39 is 5.97 Å². The van der Waals surface area contributed by atoms with Crippen LogP contribution < -0.4 is 0 Å². The van der Waals surface area contributed by atoms with Crippen molar-refractivity contribution >= 4 is 17.3 Å². The molecular weight excluding hydrogens is 272 g/mol. The van der Waals surface area contributed by atoms with E-state index in [2.05, 4.69) is 23.7 Å². The van der Waals surface area contributed by atoms with Crippen molar-refractivity contribution in [3.05, 3.63) is 16.1 Å². The van der Waals surface area contributed by atoms with Gasteiger partial charge in [-0.15, -0.1) is 11.3 Å². The fourth-order valence-electron chi connectivity index (χ4n) is 2.71. The van der Waals surface area contributed by atoms with Crippen LogP contribution in [0.5, 0.6) is 0 Å². The van der Waals surface area contributed by atoms with Crippen molar-refractivity contribution < 1.29 is 9.90 Å². The number of likely N-dealkylation sites (tertiary alicyclic amines) is 1. The van der Waals surface area contributed by atoms with Crippen molar-refractivity contribution in [3.8, 4) is 0 Å². The Kier molecular flexibility index (Phi) is 5.54. The Morgan fingerprint density at radius 1 is 1.50 bits per heavy atom. The number of aryl methyl sites for hydroxylation is 1. The third kappa shape index (κ3) is 4.56. The van der Waals surface area contributed by atoms with Crippen LogP contribution in [0.1, 0.15) is 43.0 Å². The highest BCUT2D eigenvalue weighted by Gasteiger charge is 2.21. The number of carbonyl (C=O) groups is 1. The second-order valence-corrected chi connectivity index (χ2v) is 7.09. The fraction of sp³-hybridized carbons (Fsp3) is 0.733. The molecule has 112 valence electrons. The molecule has 0 amide bonds. The first-order chi connectivity index (χ1) is 9.54. The number of nitrogens with zero attached hydrogens (tertiary/aromatic N) is 2. The third-order valence-corrected chi connectivity index (χ3v) is 5.11. The highest BCUT2D eigenvalue weighted by atomic mass is 32.1. The zero-order valence-corrected chi connectivity index (χ0v) is 13.2. The van der Waals surface area contributed by atoms with E-state index in [0.29, 0.717) is 12.5 Å². The first-order valence-electron chi connectivity index (χ1n) is 7.44. The normalized spacial score (nSPS) is 17.8. The minimum absolute atomic E-state index is 0.203. The van der Waals surface area contributed by atoms with Gasteiger partial charge in [-0.05, 0) is 52.1 Å². The molecule has 0 spiro atoms. The van der Waals surface area contributed by atoms with Gasteiger partial charge in [0.1, 0.15) is 0 Å². The molecule has 1 fully saturated rings. The van der Waals surface area contributed by atoms with Gasteiger partial charge in [-0.1, -0.05) is 0 Å². The van der Waals surface area contributed by atoms with Crippen molar-refractivity contribution in [2.24, 2.45) is 5.92 Å². The van der Waals surface area contributed by atoms with Gasteiger partial charge in [0.2, 0.25) is 0 Å². The summed E-state index contributed by atoms with van der Waals surface area (Å²) < 4.78 is 0. The molecule has 2 heterocycles. The maximum Gasteiger partial charge on any atom is 0.303 e. The number of carboxylic acid groups (broad SMARTS) is 1. The number of thiazole rings is 1.